The summed E-state index contributed by atoms with van der Waals surface area (Å²) in [7, 11) is 0. The van der Waals surface area contributed by atoms with E-state index in [2.05, 4.69) is 5.73 Å². The van der Waals surface area contributed by atoms with Crippen LogP contribution in [0.2, 0.25) is 0 Å². The van der Waals surface area contributed by atoms with Gasteiger partial charge in [0.1, 0.15) is 5.75 Å². The van der Waals surface area contributed by atoms with Gasteiger partial charge in [-0.15, -0.1) is 0 Å². The van der Waals surface area contributed by atoms with Crippen LogP contribution in [0.3, 0.4) is 0 Å². The minimum absolute atomic E-state index is 0.381. The van der Waals surface area contributed by atoms with Crippen LogP contribution in [-0.2, 0) is 6.42 Å². The van der Waals surface area contributed by atoms with Crippen LogP contribution in [0.5, 0.6) is 5.75 Å². The van der Waals surface area contributed by atoms with E-state index in [1.165, 1.54) is 0 Å². The molecule has 0 aliphatic heterocycles. The second kappa shape index (κ2) is 3.22. The Balaban J connectivity index is 2.81. The van der Waals surface area contributed by atoms with E-state index in [-0.39, 0.29) is 0 Å². The van der Waals surface area contributed by atoms with Gasteiger partial charge in [0.25, 0.3) is 0 Å². The van der Waals surface area contributed by atoms with Crippen molar-refractivity contribution in [2.24, 2.45) is 0 Å². The zero-order valence-corrected chi connectivity index (χ0v) is 5.88. The van der Waals surface area contributed by atoms with Crippen LogP contribution in [0.4, 0.5) is 0 Å². The third-order valence-corrected chi connectivity index (χ3v) is 1.44. The Bertz CT molecular complexity index is 210. The van der Waals surface area contributed by atoms with E-state index < -0.39 is 0 Å². The average molecular weight is 138 g/mol. The van der Waals surface area contributed by atoms with Gasteiger partial charge in [-0.1, -0.05) is 18.2 Å². The summed E-state index contributed by atoms with van der Waals surface area (Å²) < 4.78 is 0. The molecule has 10 heavy (non-hydrogen) atoms. The van der Waals surface area contributed by atoms with Crippen LogP contribution in [0.15, 0.2) is 24.3 Å². The predicted molar refractivity (Wildman–Crippen MR) is 39.6 cm³/mol. The standard InChI is InChI=1S/C8H11NO/c9-6-5-7-3-1-2-4-8(7)10/h1-4,10H,5-6,9H2/p+1. The van der Waals surface area contributed by atoms with Crippen molar-refractivity contribution in [3.05, 3.63) is 29.8 Å². The van der Waals surface area contributed by atoms with Crippen LogP contribution >= 0.6 is 0 Å². The summed E-state index contributed by atoms with van der Waals surface area (Å²) >= 11 is 0. The minimum atomic E-state index is 0.381. The Morgan fingerprint density at radius 3 is 2.60 bits per heavy atom. The number of quaternary nitrogens is 1. The molecular formula is C8H12NO+. The smallest absolute Gasteiger partial charge is 0.118 e. The predicted octanol–water partition coefficient (Wildman–Crippen LogP) is 0.177. The van der Waals surface area contributed by atoms with E-state index in [9.17, 15) is 5.11 Å². The van der Waals surface area contributed by atoms with E-state index >= 15 is 0 Å². The number of phenolic OH excluding ortho intramolecular Hbond substituents is 1. The van der Waals surface area contributed by atoms with Crippen LogP contribution in [0, 0.1) is 0 Å². The molecule has 0 spiro atoms. The van der Waals surface area contributed by atoms with Crippen LogP contribution < -0.4 is 5.73 Å². The number of phenols is 1. The molecule has 0 unspecified atom stereocenters. The molecule has 2 nitrogen and oxygen atoms in total. The molecule has 0 heterocycles. The summed E-state index contributed by atoms with van der Waals surface area (Å²) in [6.07, 6.45) is 0.854. The molecule has 1 rings (SSSR count). The lowest BCUT2D eigenvalue weighted by molar-refractivity contribution is -0.366. The van der Waals surface area contributed by atoms with Gasteiger partial charge in [-0.3, -0.25) is 0 Å². The molecule has 0 aliphatic carbocycles. The van der Waals surface area contributed by atoms with Crippen molar-refractivity contribution in [3.8, 4) is 5.75 Å². The molecule has 1 aromatic rings. The highest BCUT2D eigenvalue weighted by molar-refractivity contribution is 5.31. The molecule has 4 N–H and O–H groups in total. The Morgan fingerprint density at radius 2 is 2.00 bits per heavy atom. The molecule has 0 aliphatic rings. The molecule has 0 aromatic heterocycles. The summed E-state index contributed by atoms with van der Waals surface area (Å²) in [6, 6.07) is 7.36. The Morgan fingerprint density at radius 1 is 1.30 bits per heavy atom. The third-order valence-electron chi connectivity index (χ3n) is 1.44. The van der Waals surface area contributed by atoms with Gasteiger partial charge in [-0.05, 0) is 11.6 Å². The summed E-state index contributed by atoms with van der Waals surface area (Å²) in [5.74, 6) is 0.381. The molecule has 0 saturated carbocycles. The molecule has 54 valence electrons. The van der Waals surface area contributed by atoms with Gasteiger partial charge >= 0.3 is 0 Å². The van der Waals surface area contributed by atoms with Gasteiger partial charge in [0.15, 0.2) is 0 Å². The van der Waals surface area contributed by atoms with E-state index in [0.29, 0.717) is 5.75 Å². The fraction of sp³-hybridized carbons (Fsp3) is 0.250. The summed E-state index contributed by atoms with van der Waals surface area (Å²) in [4.78, 5) is 0. The normalized spacial score (nSPS) is 9.70. The molecule has 2 heteroatoms. The number of aromatic hydroxyl groups is 1. The SMILES string of the molecule is [NH3+]CCc1ccccc1O. The number of benzene rings is 1. The fourth-order valence-electron chi connectivity index (χ4n) is 0.913. The Kier molecular flexibility index (Phi) is 2.29. The molecule has 0 fully saturated rings. The lowest BCUT2D eigenvalue weighted by Crippen LogP contribution is -2.51. The maximum Gasteiger partial charge on any atom is 0.118 e. The monoisotopic (exact) mass is 138 g/mol. The van der Waals surface area contributed by atoms with Crippen molar-refractivity contribution in [1.29, 1.82) is 0 Å². The molecule has 0 saturated heterocycles. The topological polar surface area (TPSA) is 47.9 Å². The maximum atomic E-state index is 9.21. The van der Waals surface area contributed by atoms with Crippen LogP contribution in [0.1, 0.15) is 5.56 Å². The first-order chi connectivity index (χ1) is 4.84. The Hall–Kier alpha value is -1.02. The second-order valence-electron chi connectivity index (χ2n) is 2.23. The first kappa shape index (κ1) is 7.09. The molecule has 0 atom stereocenters. The molecule has 1 aromatic carbocycles. The van der Waals surface area contributed by atoms with Gasteiger partial charge in [-0.25, -0.2) is 0 Å². The highest BCUT2D eigenvalue weighted by Gasteiger charge is 1.96. The van der Waals surface area contributed by atoms with Gasteiger partial charge in [0.2, 0.25) is 0 Å². The van der Waals surface area contributed by atoms with Crippen molar-refractivity contribution in [1.82, 2.24) is 0 Å². The van der Waals surface area contributed by atoms with Crippen molar-refractivity contribution < 1.29 is 10.8 Å². The molecular weight excluding hydrogens is 126 g/mol. The first-order valence-electron chi connectivity index (χ1n) is 3.40. The zero-order valence-electron chi connectivity index (χ0n) is 5.88. The maximum absolute atomic E-state index is 9.21. The van der Waals surface area contributed by atoms with Crippen molar-refractivity contribution in [2.45, 2.75) is 6.42 Å². The number of para-hydroxylation sites is 1. The van der Waals surface area contributed by atoms with Gasteiger partial charge in [0, 0.05) is 6.42 Å². The number of rotatable bonds is 2. The first-order valence-corrected chi connectivity index (χ1v) is 3.40. The quantitative estimate of drug-likeness (QED) is 0.601. The lowest BCUT2D eigenvalue weighted by Gasteiger charge is -1.98. The van der Waals surface area contributed by atoms with Gasteiger partial charge in [0.05, 0.1) is 6.54 Å². The van der Waals surface area contributed by atoms with Gasteiger partial charge in [-0.2, -0.15) is 0 Å². The van der Waals surface area contributed by atoms with E-state index in [1.807, 2.05) is 18.2 Å². The highest BCUT2D eigenvalue weighted by atomic mass is 16.3. The zero-order chi connectivity index (χ0) is 7.40. The summed E-state index contributed by atoms with van der Waals surface area (Å²) in [6.45, 7) is 0.831. The highest BCUT2D eigenvalue weighted by Crippen LogP contribution is 2.14. The van der Waals surface area contributed by atoms with E-state index in [0.717, 1.165) is 18.5 Å². The Labute approximate surface area is 60.3 Å². The average Bonchev–Trinajstić information content (AvgIpc) is 1.94. The van der Waals surface area contributed by atoms with Crippen LogP contribution in [-0.4, -0.2) is 11.7 Å². The van der Waals surface area contributed by atoms with Crippen molar-refractivity contribution >= 4 is 0 Å². The number of hydrogen-bond donors (Lipinski definition) is 2. The fourth-order valence-corrected chi connectivity index (χ4v) is 0.913. The van der Waals surface area contributed by atoms with Crippen molar-refractivity contribution in [2.75, 3.05) is 6.54 Å². The second-order valence-corrected chi connectivity index (χ2v) is 2.23. The molecule has 0 radical (unpaired) electrons. The minimum Gasteiger partial charge on any atom is -0.508 e. The molecule has 0 amide bonds. The number of hydrogen-bond acceptors (Lipinski definition) is 1. The molecule has 0 bridgehead atoms. The lowest BCUT2D eigenvalue weighted by atomic mass is 10.1. The third kappa shape index (κ3) is 1.48. The van der Waals surface area contributed by atoms with E-state index in [1.54, 1.807) is 6.07 Å². The van der Waals surface area contributed by atoms with Gasteiger partial charge < -0.3 is 10.8 Å². The van der Waals surface area contributed by atoms with Crippen molar-refractivity contribution in [3.63, 3.8) is 0 Å². The van der Waals surface area contributed by atoms with E-state index in [4.69, 9.17) is 0 Å². The summed E-state index contributed by atoms with van der Waals surface area (Å²) in [5, 5.41) is 9.21. The largest absolute Gasteiger partial charge is 0.508 e. The van der Waals surface area contributed by atoms with Crippen LogP contribution in [0.25, 0.3) is 0 Å². The summed E-state index contributed by atoms with van der Waals surface area (Å²) in [5.41, 5.74) is 4.69.